The zero-order valence-electron chi connectivity index (χ0n) is 18.5. The van der Waals surface area contributed by atoms with Gasteiger partial charge in [0.25, 0.3) is 0 Å². The van der Waals surface area contributed by atoms with Crippen LogP contribution < -0.4 is 4.74 Å². The molecule has 0 amide bonds. The Morgan fingerprint density at radius 1 is 1.23 bits per heavy atom. The fourth-order valence-electron chi connectivity index (χ4n) is 3.37. The zero-order chi connectivity index (χ0) is 22.1. The average molecular weight is 427 g/mol. The highest BCUT2D eigenvalue weighted by atomic mass is 32.1. The largest absolute Gasteiger partial charge is 0.486 e. The number of carbonyl (C=O) groups is 1. The molecule has 0 saturated carbocycles. The van der Waals surface area contributed by atoms with Crippen molar-refractivity contribution >= 4 is 17.3 Å². The van der Waals surface area contributed by atoms with Crippen LogP contribution >= 0.6 is 11.3 Å². The highest BCUT2D eigenvalue weighted by Crippen LogP contribution is 2.29. The molecule has 0 aliphatic heterocycles. The molecule has 0 fully saturated rings. The first-order valence-electron chi connectivity index (χ1n) is 10.2. The van der Waals surface area contributed by atoms with Crippen molar-refractivity contribution in [3.63, 3.8) is 0 Å². The van der Waals surface area contributed by atoms with E-state index in [4.69, 9.17) is 9.72 Å². The minimum Gasteiger partial charge on any atom is -0.486 e. The molecule has 160 valence electrons. The summed E-state index contributed by atoms with van der Waals surface area (Å²) < 4.78 is 7.97. The Hall–Kier alpha value is -2.60. The van der Waals surface area contributed by atoms with Gasteiger partial charge in [0.2, 0.25) is 0 Å². The average Bonchev–Trinajstić information content (AvgIpc) is 3.24. The van der Waals surface area contributed by atoms with Gasteiger partial charge < -0.3 is 14.4 Å². The van der Waals surface area contributed by atoms with E-state index >= 15 is 0 Å². The van der Waals surface area contributed by atoms with Gasteiger partial charge in [0.1, 0.15) is 17.4 Å². The van der Waals surface area contributed by atoms with Crippen molar-refractivity contribution < 1.29 is 14.6 Å². The Bertz CT molecular complexity index is 1020. The maximum atomic E-state index is 11.6. The van der Waals surface area contributed by atoms with Gasteiger partial charge in [-0.05, 0) is 42.0 Å². The molecule has 1 aromatic carbocycles. The van der Waals surface area contributed by atoms with Crippen LogP contribution in [0.25, 0.3) is 11.4 Å². The van der Waals surface area contributed by atoms with E-state index in [1.54, 1.807) is 6.07 Å². The molecule has 0 radical (unpaired) electrons. The molecule has 6 heteroatoms. The number of hydrogen-bond donors (Lipinski definition) is 1. The Kier molecular flexibility index (Phi) is 6.36. The molecule has 1 N–H and O–H groups in total. The normalized spacial score (nSPS) is 11.8. The lowest BCUT2D eigenvalue weighted by molar-refractivity contribution is 0.0696. The number of benzene rings is 1. The third-order valence-corrected chi connectivity index (χ3v) is 5.86. The second-order valence-electron chi connectivity index (χ2n) is 9.03. The van der Waals surface area contributed by atoms with Crippen molar-refractivity contribution in [2.75, 3.05) is 0 Å². The molecule has 2 heterocycles. The van der Waals surface area contributed by atoms with Crippen LogP contribution in [0.3, 0.4) is 0 Å². The van der Waals surface area contributed by atoms with E-state index in [1.165, 1.54) is 16.9 Å². The summed E-state index contributed by atoms with van der Waals surface area (Å²) in [7, 11) is 0. The number of hydrogen-bond acceptors (Lipinski definition) is 4. The van der Waals surface area contributed by atoms with E-state index in [-0.39, 0.29) is 5.41 Å². The van der Waals surface area contributed by atoms with Crippen LogP contribution in [0, 0.1) is 12.8 Å². The second kappa shape index (κ2) is 8.64. The fourth-order valence-corrected chi connectivity index (χ4v) is 4.06. The van der Waals surface area contributed by atoms with Crippen LogP contribution in [0.5, 0.6) is 5.75 Å². The van der Waals surface area contributed by atoms with Gasteiger partial charge in [-0.2, -0.15) is 0 Å². The zero-order valence-corrected chi connectivity index (χ0v) is 19.3. The Labute approximate surface area is 182 Å². The smallest absolute Gasteiger partial charge is 0.337 e. The molecule has 5 nitrogen and oxygen atoms in total. The van der Waals surface area contributed by atoms with Gasteiger partial charge in [-0.3, -0.25) is 0 Å². The molecule has 3 aromatic rings. The highest BCUT2D eigenvalue weighted by molar-refractivity contribution is 7.09. The lowest BCUT2D eigenvalue weighted by Gasteiger charge is -2.19. The third kappa shape index (κ3) is 4.93. The van der Waals surface area contributed by atoms with Gasteiger partial charge in [-0.15, -0.1) is 11.3 Å². The summed E-state index contributed by atoms with van der Waals surface area (Å²) in [6, 6.07) is 9.90. The number of aromatic carboxylic acids is 1. The van der Waals surface area contributed by atoms with Crippen molar-refractivity contribution in [3.8, 4) is 17.1 Å². The van der Waals surface area contributed by atoms with Gasteiger partial charge in [0.05, 0.1) is 17.0 Å². The van der Waals surface area contributed by atoms with Crippen LogP contribution in [0.4, 0.5) is 0 Å². The van der Waals surface area contributed by atoms with Gasteiger partial charge in [0, 0.05) is 17.6 Å². The molecular weight excluding hydrogens is 396 g/mol. The van der Waals surface area contributed by atoms with Crippen LogP contribution in [0.2, 0.25) is 0 Å². The van der Waals surface area contributed by atoms with Crippen LogP contribution in [0.15, 0.2) is 35.7 Å². The van der Waals surface area contributed by atoms with Crippen molar-refractivity contribution in [3.05, 3.63) is 57.5 Å². The summed E-state index contributed by atoms with van der Waals surface area (Å²) in [5.74, 6) is 0.301. The van der Waals surface area contributed by atoms with Crippen molar-refractivity contribution in [1.29, 1.82) is 0 Å². The monoisotopic (exact) mass is 426 g/mol. The highest BCUT2D eigenvalue weighted by Gasteiger charge is 2.20. The first kappa shape index (κ1) is 22.1. The van der Waals surface area contributed by atoms with Gasteiger partial charge in [-0.25, -0.2) is 9.78 Å². The van der Waals surface area contributed by atoms with Gasteiger partial charge in [-0.1, -0.05) is 46.8 Å². The first-order valence-corrected chi connectivity index (χ1v) is 11.1. The van der Waals surface area contributed by atoms with Crippen molar-refractivity contribution in [1.82, 2.24) is 9.55 Å². The molecule has 30 heavy (non-hydrogen) atoms. The van der Waals surface area contributed by atoms with E-state index in [2.05, 4.69) is 51.3 Å². The lowest BCUT2D eigenvalue weighted by Crippen LogP contribution is -2.10. The Morgan fingerprint density at radius 3 is 2.47 bits per heavy atom. The Morgan fingerprint density at radius 2 is 1.90 bits per heavy atom. The second-order valence-corrected chi connectivity index (χ2v) is 9.97. The SMILES string of the molecule is Cc1c(C(=O)O)cc(-c2csc(COc3ccc(C(C)(C)C)cc3)n2)n1CC(C)C. The number of nitrogens with zero attached hydrogens (tertiary/aromatic N) is 2. The maximum absolute atomic E-state index is 11.6. The number of thiazole rings is 1. The van der Waals surface area contributed by atoms with E-state index < -0.39 is 5.97 Å². The standard InChI is InChI=1S/C24H30N2O3S/c1-15(2)12-26-16(3)19(23(27)28)11-21(26)20-14-30-22(25-20)13-29-18-9-7-17(8-10-18)24(4,5)6/h7-11,14-15H,12-13H2,1-6H3,(H,27,28). The molecule has 2 aromatic heterocycles. The summed E-state index contributed by atoms with van der Waals surface area (Å²) in [6.07, 6.45) is 0. The van der Waals surface area contributed by atoms with Crippen molar-refractivity contribution in [2.24, 2.45) is 5.92 Å². The molecule has 0 atom stereocenters. The predicted octanol–water partition coefficient (Wildman–Crippen LogP) is 6.15. The molecule has 0 unspecified atom stereocenters. The summed E-state index contributed by atoms with van der Waals surface area (Å²) in [5.41, 5.74) is 4.10. The summed E-state index contributed by atoms with van der Waals surface area (Å²) in [6.45, 7) is 13.8. The van der Waals surface area contributed by atoms with Crippen molar-refractivity contribution in [2.45, 2.75) is 60.1 Å². The van der Waals surface area contributed by atoms with Gasteiger partial charge >= 0.3 is 5.97 Å². The van der Waals surface area contributed by atoms with E-state index in [0.717, 1.165) is 34.4 Å². The minimum atomic E-state index is -0.909. The number of ether oxygens (including phenoxy) is 1. The number of aromatic nitrogens is 2. The fraction of sp³-hybridized carbons (Fsp3) is 0.417. The summed E-state index contributed by atoms with van der Waals surface area (Å²) >= 11 is 1.53. The molecule has 0 spiro atoms. The third-order valence-electron chi connectivity index (χ3n) is 5.04. The van der Waals surface area contributed by atoms with Crippen LogP contribution in [-0.2, 0) is 18.6 Å². The quantitative estimate of drug-likeness (QED) is 0.492. The van der Waals surface area contributed by atoms with Gasteiger partial charge in [0.15, 0.2) is 0 Å². The number of carboxylic acids is 1. The van der Waals surface area contributed by atoms with E-state index in [9.17, 15) is 9.90 Å². The number of rotatable bonds is 7. The first-order chi connectivity index (χ1) is 14.1. The van der Waals surface area contributed by atoms with E-state index in [0.29, 0.717) is 18.1 Å². The minimum absolute atomic E-state index is 0.112. The molecule has 0 bridgehead atoms. The molecule has 3 rings (SSSR count). The van der Waals surface area contributed by atoms with Crippen LogP contribution in [0.1, 0.15) is 61.2 Å². The number of carboxylic acid groups (broad SMARTS) is 1. The maximum Gasteiger partial charge on any atom is 0.337 e. The molecular formula is C24H30N2O3S. The molecule has 0 aliphatic carbocycles. The predicted molar refractivity (Wildman–Crippen MR) is 122 cm³/mol. The topological polar surface area (TPSA) is 64.3 Å². The molecule has 0 saturated heterocycles. The summed E-state index contributed by atoms with van der Waals surface area (Å²) in [4.78, 5) is 16.3. The Balaban J connectivity index is 1.78. The molecule has 0 aliphatic rings. The summed E-state index contributed by atoms with van der Waals surface area (Å²) in [5, 5.41) is 12.3. The van der Waals surface area contributed by atoms with Crippen LogP contribution in [-0.4, -0.2) is 20.6 Å². The lowest BCUT2D eigenvalue weighted by atomic mass is 9.87. The van der Waals surface area contributed by atoms with E-state index in [1.807, 2.05) is 24.4 Å².